The number of hydrogen-bond donors (Lipinski definition) is 1. The summed E-state index contributed by atoms with van der Waals surface area (Å²) in [5.74, 6) is 0.871. The number of unbranched alkanes of at least 4 members (excludes halogenated alkanes) is 4. The van der Waals surface area contributed by atoms with Crippen molar-refractivity contribution in [3.8, 4) is 0 Å². The van der Waals surface area contributed by atoms with Crippen LogP contribution in [0, 0.1) is 5.92 Å². The fourth-order valence-corrected chi connectivity index (χ4v) is 3.18. The fraction of sp³-hybridized carbons (Fsp3) is 1.00. The van der Waals surface area contributed by atoms with Gasteiger partial charge in [0.05, 0.1) is 0 Å². The summed E-state index contributed by atoms with van der Waals surface area (Å²) in [6.45, 7) is 12.1. The highest BCUT2D eigenvalue weighted by Gasteiger charge is 2.23. The lowest BCUT2D eigenvalue weighted by molar-refractivity contribution is 0.148. The zero-order chi connectivity index (χ0) is 13.9. The molecule has 114 valence electrons. The first-order valence-corrected chi connectivity index (χ1v) is 8.73. The van der Waals surface area contributed by atoms with Crippen LogP contribution in [0.15, 0.2) is 0 Å². The van der Waals surface area contributed by atoms with Gasteiger partial charge in [0, 0.05) is 12.6 Å². The maximum atomic E-state index is 3.68. The van der Waals surface area contributed by atoms with Crippen molar-refractivity contribution in [2.24, 2.45) is 5.92 Å². The van der Waals surface area contributed by atoms with Crippen LogP contribution in [-0.2, 0) is 0 Å². The van der Waals surface area contributed by atoms with Gasteiger partial charge in [-0.1, -0.05) is 39.5 Å². The summed E-state index contributed by atoms with van der Waals surface area (Å²) >= 11 is 0. The molecule has 1 aliphatic heterocycles. The molecule has 1 N–H and O–H groups in total. The topological polar surface area (TPSA) is 15.3 Å². The van der Waals surface area contributed by atoms with Crippen molar-refractivity contribution in [3.63, 3.8) is 0 Å². The molecule has 1 saturated heterocycles. The number of likely N-dealkylation sites (tertiary alicyclic amines) is 1. The zero-order valence-electron chi connectivity index (χ0n) is 13.6. The Morgan fingerprint density at radius 1 is 1.11 bits per heavy atom. The molecule has 2 nitrogen and oxygen atoms in total. The van der Waals surface area contributed by atoms with E-state index in [4.69, 9.17) is 0 Å². The van der Waals surface area contributed by atoms with E-state index in [1.807, 2.05) is 0 Å². The SMILES string of the molecule is CCCCCCCN1CCCC(C(C)NCCC)C1. The van der Waals surface area contributed by atoms with Gasteiger partial charge in [-0.05, 0) is 58.2 Å². The van der Waals surface area contributed by atoms with Gasteiger partial charge in [-0.25, -0.2) is 0 Å². The minimum Gasteiger partial charge on any atom is -0.314 e. The molecule has 0 saturated carbocycles. The van der Waals surface area contributed by atoms with Gasteiger partial charge in [0.2, 0.25) is 0 Å². The summed E-state index contributed by atoms with van der Waals surface area (Å²) in [5, 5.41) is 3.68. The van der Waals surface area contributed by atoms with Gasteiger partial charge < -0.3 is 10.2 Å². The second kappa shape index (κ2) is 10.7. The molecular formula is C17H36N2. The summed E-state index contributed by atoms with van der Waals surface area (Å²) in [6.07, 6.45) is 11.1. The van der Waals surface area contributed by atoms with Gasteiger partial charge in [-0.3, -0.25) is 0 Å². The van der Waals surface area contributed by atoms with Gasteiger partial charge in [-0.15, -0.1) is 0 Å². The molecule has 0 amide bonds. The van der Waals surface area contributed by atoms with E-state index in [1.54, 1.807) is 0 Å². The Bertz CT molecular complexity index is 205. The molecular weight excluding hydrogens is 232 g/mol. The monoisotopic (exact) mass is 268 g/mol. The van der Waals surface area contributed by atoms with E-state index in [0.717, 1.165) is 5.92 Å². The molecule has 0 aromatic carbocycles. The van der Waals surface area contributed by atoms with Gasteiger partial charge in [0.1, 0.15) is 0 Å². The van der Waals surface area contributed by atoms with Crippen molar-refractivity contribution in [2.75, 3.05) is 26.2 Å². The molecule has 1 fully saturated rings. The largest absolute Gasteiger partial charge is 0.314 e. The van der Waals surface area contributed by atoms with Crippen LogP contribution in [0.2, 0.25) is 0 Å². The zero-order valence-corrected chi connectivity index (χ0v) is 13.6. The van der Waals surface area contributed by atoms with Crippen LogP contribution in [0.5, 0.6) is 0 Å². The third kappa shape index (κ3) is 7.31. The van der Waals surface area contributed by atoms with Crippen LogP contribution in [-0.4, -0.2) is 37.1 Å². The Morgan fingerprint density at radius 2 is 1.89 bits per heavy atom. The first-order chi connectivity index (χ1) is 9.27. The third-order valence-corrected chi connectivity index (χ3v) is 4.54. The molecule has 2 atom stereocenters. The Kier molecular flexibility index (Phi) is 9.54. The lowest BCUT2D eigenvalue weighted by Gasteiger charge is -2.36. The van der Waals surface area contributed by atoms with Gasteiger partial charge >= 0.3 is 0 Å². The average Bonchev–Trinajstić information content (AvgIpc) is 2.45. The molecule has 2 unspecified atom stereocenters. The lowest BCUT2D eigenvalue weighted by atomic mass is 9.91. The Hall–Kier alpha value is -0.0800. The smallest absolute Gasteiger partial charge is 0.00792 e. The van der Waals surface area contributed by atoms with Crippen molar-refractivity contribution >= 4 is 0 Å². The number of nitrogens with zero attached hydrogens (tertiary/aromatic N) is 1. The van der Waals surface area contributed by atoms with Crippen molar-refractivity contribution in [2.45, 2.75) is 78.2 Å². The Balaban J connectivity index is 2.14. The van der Waals surface area contributed by atoms with Crippen LogP contribution in [0.25, 0.3) is 0 Å². The van der Waals surface area contributed by atoms with E-state index < -0.39 is 0 Å². The Labute approximate surface area is 121 Å². The highest BCUT2D eigenvalue weighted by atomic mass is 15.1. The summed E-state index contributed by atoms with van der Waals surface area (Å²) in [4.78, 5) is 2.71. The quantitative estimate of drug-likeness (QED) is 0.601. The van der Waals surface area contributed by atoms with E-state index in [1.165, 1.54) is 77.5 Å². The summed E-state index contributed by atoms with van der Waals surface area (Å²) in [6, 6.07) is 0.697. The van der Waals surface area contributed by atoms with Gasteiger partial charge in [-0.2, -0.15) is 0 Å². The molecule has 1 rings (SSSR count). The van der Waals surface area contributed by atoms with Crippen molar-refractivity contribution in [1.82, 2.24) is 10.2 Å². The highest BCUT2D eigenvalue weighted by molar-refractivity contribution is 4.80. The molecule has 1 heterocycles. The van der Waals surface area contributed by atoms with E-state index in [9.17, 15) is 0 Å². The normalized spacial score (nSPS) is 22.6. The predicted molar refractivity (Wildman–Crippen MR) is 85.7 cm³/mol. The van der Waals surface area contributed by atoms with E-state index >= 15 is 0 Å². The summed E-state index contributed by atoms with van der Waals surface area (Å²) in [5.41, 5.74) is 0. The first-order valence-electron chi connectivity index (χ1n) is 8.73. The predicted octanol–water partition coefficient (Wildman–Crippen LogP) is 4.06. The minimum absolute atomic E-state index is 0.697. The van der Waals surface area contributed by atoms with Crippen LogP contribution in [0.4, 0.5) is 0 Å². The second-order valence-corrected chi connectivity index (χ2v) is 6.36. The van der Waals surface area contributed by atoms with E-state index in [2.05, 4.69) is 31.0 Å². The van der Waals surface area contributed by atoms with Gasteiger partial charge in [0.15, 0.2) is 0 Å². The summed E-state index contributed by atoms with van der Waals surface area (Å²) in [7, 11) is 0. The maximum Gasteiger partial charge on any atom is 0.00792 e. The van der Waals surface area contributed by atoms with Crippen LogP contribution in [0.3, 0.4) is 0 Å². The molecule has 2 heteroatoms. The van der Waals surface area contributed by atoms with Crippen molar-refractivity contribution < 1.29 is 0 Å². The summed E-state index contributed by atoms with van der Waals surface area (Å²) < 4.78 is 0. The highest BCUT2D eigenvalue weighted by Crippen LogP contribution is 2.20. The molecule has 1 aliphatic rings. The standard InChI is InChI=1S/C17H36N2/c1-4-6-7-8-9-13-19-14-10-11-17(15-19)16(3)18-12-5-2/h16-18H,4-15H2,1-3H3. The fourth-order valence-electron chi connectivity index (χ4n) is 3.18. The van der Waals surface area contributed by atoms with Crippen LogP contribution < -0.4 is 5.32 Å². The van der Waals surface area contributed by atoms with Crippen LogP contribution in [0.1, 0.15) is 72.1 Å². The van der Waals surface area contributed by atoms with Crippen LogP contribution >= 0.6 is 0 Å². The minimum atomic E-state index is 0.697. The van der Waals surface area contributed by atoms with Crippen molar-refractivity contribution in [1.29, 1.82) is 0 Å². The third-order valence-electron chi connectivity index (χ3n) is 4.54. The number of rotatable bonds is 10. The lowest BCUT2D eigenvalue weighted by Crippen LogP contribution is -2.44. The van der Waals surface area contributed by atoms with Gasteiger partial charge in [0.25, 0.3) is 0 Å². The van der Waals surface area contributed by atoms with E-state index in [-0.39, 0.29) is 0 Å². The second-order valence-electron chi connectivity index (χ2n) is 6.36. The molecule has 0 aromatic rings. The maximum absolute atomic E-state index is 3.68. The van der Waals surface area contributed by atoms with E-state index in [0.29, 0.717) is 6.04 Å². The molecule has 19 heavy (non-hydrogen) atoms. The first kappa shape index (κ1) is 17.0. The molecule has 0 aliphatic carbocycles. The number of hydrogen-bond acceptors (Lipinski definition) is 2. The molecule has 0 bridgehead atoms. The molecule has 0 radical (unpaired) electrons. The van der Waals surface area contributed by atoms with Crippen molar-refractivity contribution in [3.05, 3.63) is 0 Å². The Morgan fingerprint density at radius 3 is 2.63 bits per heavy atom. The number of nitrogens with one attached hydrogen (secondary N) is 1. The molecule has 0 spiro atoms. The average molecular weight is 268 g/mol. The number of piperidine rings is 1. The molecule has 0 aromatic heterocycles.